The van der Waals surface area contributed by atoms with Gasteiger partial charge >= 0.3 is 0 Å². The van der Waals surface area contributed by atoms with Gasteiger partial charge in [-0.2, -0.15) is 0 Å². The summed E-state index contributed by atoms with van der Waals surface area (Å²) in [5.41, 5.74) is 0. The highest BCUT2D eigenvalue weighted by molar-refractivity contribution is 5.90. The molecule has 0 unspecified atom stereocenters. The van der Waals surface area contributed by atoms with E-state index in [-0.39, 0.29) is 5.91 Å². The van der Waals surface area contributed by atoms with Crippen LogP contribution in [0.25, 0.3) is 6.08 Å². The number of hydrogen-bond donors (Lipinski definition) is 0. The Labute approximate surface area is 71.3 Å². The largest absolute Gasteiger partial charge is 0.465 e. The molecule has 0 aliphatic heterocycles. The summed E-state index contributed by atoms with van der Waals surface area (Å²) in [6, 6.07) is 3.57. The predicted molar refractivity (Wildman–Crippen MR) is 46.4 cm³/mol. The summed E-state index contributed by atoms with van der Waals surface area (Å²) in [6.45, 7) is 0. The molecule has 1 amide bonds. The van der Waals surface area contributed by atoms with Crippen molar-refractivity contribution in [1.82, 2.24) is 4.90 Å². The van der Waals surface area contributed by atoms with Gasteiger partial charge in [0.1, 0.15) is 5.76 Å². The van der Waals surface area contributed by atoms with E-state index < -0.39 is 0 Å². The molecule has 0 N–H and O–H groups in total. The lowest BCUT2D eigenvalue weighted by Crippen LogP contribution is -2.18. The van der Waals surface area contributed by atoms with E-state index in [1.807, 2.05) is 0 Å². The summed E-state index contributed by atoms with van der Waals surface area (Å²) in [6.07, 6.45) is 4.68. The van der Waals surface area contributed by atoms with Gasteiger partial charge in [-0.1, -0.05) is 0 Å². The van der Waals surface area contributed by atoms with Crippen LogP contribution in [-0.4, -0.2) is 24.9 Å². The second-order valence-corrected chi connectivity index (χ2v) is 2.58. The van der Waals surface area contributed by atoms with Crippen LogP contribution in [0.1, 0.15) is 5.76 Å². The second kappa shape index (κ2) is 3.76. The molecule has 0 aliphatic rings. The van der Waals surface area contributed by atoms with E-state index >= 15 is 0 Å². The van der Waals surface area contributed by atoms with Crippen LogP contribution in [0.15, 0.2) is 28.9 Å². The molecule has 0 fully saturated rings. The quantitative estimate of drug-likeness (QED) is 0.620. The van der Waals surface area contributed by atoms with Crippen molar-refractivity contribution >= 4 is 12.0 Å². The summed E-state index contributed by atoms with van der Waals surface area (Å²) in [4.78, 5) is 12.5. The van der Waals surface area contributed by atoms with Crippen LogP contribution < -0.4 is 0 Å². The van der Waals surface area contributed by atoms with Gasteiger partial charge in [-0.3, -0.25) is 4.79 Å². The number of carbonyl (C=O) groups is 1. The highest BCUT2D eigenvalue weighted by Gasteiger charge is 1.96. The Bertz CT molecular complexity index is 273. The molecular weight excluding hydrogens is 154 g/mol. The lowest BCUT2D eigenvalue weighted by molar-refractivity contribution is -0.123. The van der Waals surface area contributed by atoms with Gasteiger partial charge in [-0.05, 0) is 18.2 Å². The van der Waals surface area contributed by atoms with Gasteiger partial charge in [0.2, 0.25) is 5.91 Å². The summed E-state index contributed by atoms with van der Waals surface area (Å²) in [7, 11) is 3.41. The minimum Gasteiger partial charge on any atom is -0.465 e. The number of furan rings is 1. The molecule has 12 heavy (non-hydrogen) atoms. The van der Waals surface area contributed by atoms with Gasteiger partial charge < -0.3 is 9.32 Å². The van der Waals surface area contributed by atoms with Crippen molar-refractivity contribution in [3.05, 3.63) is 30.2 Å². The Morgan fingerprint density at radius 3 is 2.83 bits per heavy atom. The van der Waals surface area contributed by atoms with E-state index in [4.69, 9.17) is 4.42 Å². The van der Waals surface area contributed by atoms with Gasteiger partial charge in [-0.25, -0.2) is 0 Å². The van der Waals surface area contributed by atoms with Crippen LogP contribution in [0.4, 0.5) is 0 Å². The summed E-state index contributed by atoms with van der Waals surface area (Å²) >= 11 is 0. The van der Waals surface area contributed by atoms with E-state index in [9.17, 15) is 4.79 Å². The number of likely N-dealkylation sites (N-methyl/N-ethyl adjacent to an activating group) is 1. The molecule has 1 aromatic heterocycles. The van der Waals surface area contributed by atoms with Crippen molar-refractivity contribution in [2.24, 2.45) is 0 Å². The fourth-order valence-corrected chi connectivity index (χ4v) is 0.689. The van der Waals surface area contributed by atoms with Crippen LogP contribution in [-0.2, 0) is 4.79 Å². The first-order valence-electron chi connectivity index (χ1n) is 3.63. The average molecular weight is 165 g/mol. The minimum atomic E-state index is -0.0496. The maximum Gasteiger partial charge on any atom is 0.246 e. The first kappa shape index (κ1) is 8.59. The molecule has 0 saturated heterocycles. The zero-order chi connectivity index (χ0) is 8.97. The molecule has 1 heterocycles. The summed E-state index contributed by atoms with van der Waals surface area (Å²) in [5.74, 6) is 0.636. The van der Waals surface area contributed by atoms with E-state index in [1.165, 1.54) is 11.0 Å². The standard InChI is InChI=1S/C9H11NO2/c1-10(2)9(11)6-5-8-4-3-7-12-8/h3-7H,1-2H3/b6-5+. The Morgan fingerprint density at radius 1 is 1.58 bits per heavy atom. The van der Waals surface area contributed by atoms with Gasteiger partial charge in [-0.15, -0.1) is 0 Å². The lowest BCUT2D eigenvalue weighted by Gasteiger charge is -2.04. The molecule has 0 radical (unpaired) electrons. The van der Waals surface area contributed by atoms with Crippen molar-refractivity contribution in [1.29, 1.82) is 0 Å². The molecule has 3 nitrogen and oxygen atoms in total. The second-order valence-electron chi connectivity index (χ2n) is 2.58. The van der Waals surface area contributed by atoms with Crippen molar-refractivity contribution in [2.75, 3.05) is 14.1 Å². The average Bonchev–Trinajstić information content (AvgIpc) is 2.51. The first-order valence-corrected chi connectivity index (χ1v) is 3.63. The molecule has 64 valence electrons. The van der Waals surface area contributed by atoms with E-state index in [0.29, 0.717) is 5.76 Å². The Balaban J connectivity index is 2.57. The lowest BCUT2D eigenvalue weighted by atomic mass is 10.4. The Kier molecular flexibility index (Phi) is 2.69. The number of carbonyl (C=O) groups excluding carboxylic acids is 1. The van der Waals surface area contributed by atoms with E-state index in [2.05, 4.69) is 0 Å². The molecule has 3 heteroatoms. The molecule has 0 saturated carbocycles. The SMILES string of the molecule is CN(C)C(=O)/C=C/c1ccco1. The van der Waals surface area contributed by atoms with Crippen molar-refractivity contribution < 1.29 is 9.21 Å². The summed E-state index contributed by atoms with van der Waals surface area (Å²) in [5, 5.41) is 0. The molecule has 0 spiro atoms. The van der Waals surface area contributed by atoms with Gasteiger partial charge in [0, 0.05) is 20.2 Å². The topological polar surface area (TPSA) is 33.5 Å². The Hall–Kier alpha value is -1.51. The normalized spacial score (nSPS) is 10.5. The monoisotopic (exact) mass is 165 g/mol. The minimum absolute atomic E-state index is 0.0496. The van der Waals surface area contributed by atoms with Gasteiger partial charge in [0.25, 0.3) is 0 Å². The zero-order valence-corrected chi connectivity index (χ0v) is 7.15. The smallest absolute Gasteiger partial charge is 0.246 e. The van der Waals surface area contributed by atoms with Gasteiger partial charge in [0.15, 0.2) is 0 Å². The highest BCUT2D eigenvalue weighted by atomic mass is 16.3. The fraction of sp³-hybridized carbons (Fsp3) is 0.222. The Morgan fingerprint density at radius 2 is 2.33 bits per heavy atom. The van der Waals surface area contributed by atoms with Crippen LogP contribution in [0, 0.1) is 0 Å². The molecular formula is C9H11NO2. The number of hydrogen-bond acceptors (Lipinski definition) is 2. The van der Waals surface area contributed by atoms with Crippen molar-refractivity contribution in [2.45, 2.75) is 0 Å². The number of amides is 1. The van der Waals surface area contributed by atoms with Crippen LogP contribution in [0.3, 0.4) is 0 Å². The number of nitrogens with zero attached hydrogens (tertiary/aromatic N) is 1. The maximum atomic E-state index is 11.0. The van der Waals surface area contributed by atoms with E-state index in [0.717, 1.165) is 0 Å². The number of rotatable bonds is 2. The molecule has 0 aliphatic carbocycles. The third-order valence-electron chi connectivity index (χ3n) is 1.37. The molecule has 0 aromatic carbocycles. The molecule has 1 rings (SSSR count). The molecule has 0 bridgehead atoms. The summed E-state index contributed by atoms with van der Waals surface area (Å²) < 4.78 is 5.01. The zero-order valence-electron chi connectivity index (χ0n) is 7.15. The van der Waals surface area contributed by atoms with Gasteiger partial charge in [0.05, 0.1) is 6.26 Å². The molecule has 0 atom stereocenters. The van der Waals surface area contributed by atoms with Crippen LogP contribution in [0.2, 0.25) is 0 Å². The third-order valence-corrected chi connectivity index (χ3v) is 1.37. The molecule has 1 aromatic rings. The predicted octanol–water partition coefficient (Wildman–Crippen LogP) is 1.38. The van der Waals surface area contributed by atoms with Crippen molar-refractivity contribution in [3.8, 4) is 0 Å². The van der Waals surface area contributed by atoms with Crippen LogP contribution in [0.5, 0.6) is 0 Å². The van der Waals surface area contributed by atoms with Crippen LogP contribution >= 0.6 is 0 Å². The third kappa shape index (κ3) is 2.27. The highest BCUT2D eigenvalue weighted by Crippen LogP contribution is 2.02. The fourth-order valence-electron chi connectivity index (χ4n) is 0.689. The first-order chi connectivity index (χ1) is 5.70. The van der Waals surface area contributed by atoms with Crippen molar-refractivity contribution in [3.63, 3.8) is 0 Å². The van der Waals surface area contributed by atoms with E-state index in [1.54, 1.807) is 38.6 Å². The maximum absolute atomic E-state index is 11.0.